The lowest BCUT2D eigenvalue weighted by Gasteiger charge is -2.29. The summed E-state index contributed by atoms with van der Waals surface area (Å²) in [5.74, 6) is -1.88. The molecule has 37 heavy (non-hydrogen) atoms. The zero-order valence-electron chi connectivity index (χ0n) is 22.0. The number of ether oxygens (including phenoxy) is 5. The zero-order valence-corrected chi connectivity index (χ0v) is 22.0. The molecule has 11 heteroatoms. The first-order valence-electron chi connectivity index (χ1n) is 11.7. The molecule has 1 heterocycles. The number of hydrogen-bond acceptors (Lipinski definition) is 9. The van der Waals surface area contributed by atoms with E-state index < -0.39 is 42.9 Å². The Balaban J connectivity index is 2.10. The second kappa shape index (κ2) is 13.4. The molecular weight excluding hydrogens is 487 g/mol. The van der Waals surface area contributed by atoms with E-state index in [1.807, 2.05) is 13.8 Å². The molecule has 0 spiro atoms. The lowest BCUT2D eigenvalue weighted by Crippen LogP contribution is -2.45. The van der Waals surface area contributed by atoms with Crippen molar-refractivity contribution in [3.05, 3.63) is 47.5 Å². The summed E-state index contributed by atoms with van der Waals surface area (Å²) in [6.45, 7) is 9.41. The highest BCUT2D eigenvalue weighted by atomic mass is 19.1. The Morgan fingerprint density at radius 1 is 1.08 bits per heavy atom. The minimum absolute atomic E-state index is 0.0546. The van der Waals surface area contributed by atoms with E-state index in [-0.39, 0.29) is 28.9 Å². The third kappa shape index (κ3) is 8.33. The van der Waals surface area contributed by atoms with Gasteiger partial charge in [0.15, 0.2) is 17.2 Å². The van der Waals surface area contributed by atoms with Crippen LogP contribution in [0, 0.1) is 18.7 Å². The quantitative estimate of drug-likeness (QED) is 0.330. The van der Waals surface area contributed by atoms with Gasteiger partial charge in [-0.3, -0.25) is 9.59 Å². The Morgan fingerprint density at radius 2 is 1.78 bits per heavy atom. The van der Waals surface area contributed by atoms with Gasteiger partial charge in [0, 0.05) is 19.2 Å². The standard InChI is InChI=1S/C26H33FN2O8/c1-14(2)23(17(5)36-20-9-8-19(27)12-15(20)3)37-26(32)16(4)29-25(31)22-24(35-13-34-18(6)30)21(33-7)10-11-28-22/h8-12,14,16-17,23H,13H2,1-7H3,(H,29,31)/t16-,17-,23-/m0/s1. The topological polar surface area (TPSA) is 122 Å². The van der Waals surface area contributed by atoms with Gasteiger partial charge < -0.3 is 29.0 Å². The first kappa shape index (κ1) is 29.3. The molecule has 2 rings (SSSR count). The van der Waals surface area contributed by atoms with E-state index in [0.717, 1.165) is 0 Å². The van der Waals surface area contributed by atoms with Gasteiger partial charge in [-0.25, -0.2) is 14.2 Å². The normalized spacial score (nSPS) is 13.2. The second-order valence-corrected chi connectivity index (χ2v) is 8.66. The number of esters is 2. The largest absolute Gasteiger partial charge is 0.493 e. The lowest BCUT2D eigenvalue weighted by molar-refractivity contribution is -0.158. The van der Waals surface area contributed by atoms with Gasteiger partial charge in [0.2, 0.25) is 6.79 Å². The van der Waals surface area contributed by atoms with Crippen LogP contribution in [0.5, 0.6) is 17.2 Å². The van der Waals surface area contributed by atoms with Crippen LogP contribution in [0.25, 0.3) is 0 Å². The maximum absolute atomic E-state index is 13.4. The Bertz CT molecular complexity index is 1110. The number of carbonyl (C=O) groups is 3. The number of carbonyl (C=O) groups excluding carboxylic acids is 3. The highest BCUT2D eigenvalue weighted by molar-refractivity contribution is 5.98. The van der Waals surface area contributed by atoms with E-state index >= 15 is 0 Å². The predicted octanol–water partition coefficient (Wildman–Crippen LogP) is 3.59. The van der Waals surface area contributed by atoms with Gasteiger partial charge in [0.1, 0.15) is 29.8 Å². The summed E-state index contributed by atoms with van der Waals surface area (Å²) < 4.78 is 40.4. The van der Waals surface area contributed by atoms with Gasteiger partial charge >= 0.3 is 11.9 Å². The number of pyridine rings is 1. The summed E-state index contributed by atoms with van der Waals surface area (Å²) in [7, 11) is 1.37. The number of aryl methyl sites for hydroxylation is 1. The van der Waals surface area contributed by atoms with Crippen molar-refractivity contribution >= 4 is 17.8 Å². The van der Waals surface area contributed by atoms with E-state index in [1.165, 1.54) is 51.4 Å². The maximum Gasteiger partial charge on any atom is 0.328 e. The average Bonchev–Trinajstić information content (AvgIpc) is 2.83. The number of amides is 1. The first-order valence-corrected chi connectivity index (χ1v) is 11.7. The van der Waals surface area contributed by atoms with E-state index in [1.54, 1.807) is 13.8 Å². The van der Waals surface area contributed by atoms with E-state index in [2.05, 4.69) is 10.3 Å². The second-order valence-electron chi connectivity index (χ2n) is 8.66. The number of hydrogen-bond donors (Lipinski definition) is 1. The molecule has 2 aromatic rings. The minimum atomic E-state index is -1.05. The number of halogens is 1. The summed E-state index contributed by atoms with van der Waals surface area (Å²) in [5.41, 5.74) is 0.439. The van der Waals surface area contributed by atoms with Crippen LogP contribution in [0.15, 0.2) is 30.5 Å². The lowest BCUT2D eigenvalue weighted by atomic mass is 10.0. The maximum atomic E-state index is 13.4. The molecule has 0 radical (unpaired) electrons. The van der Waals surface area contributed by atoms with E-state index in [9.17, 15) is 18.8 Å². The first-order chi connectivity index (χ1) is 17.4. The number of benzene rings is 1. The third-order valence-corrected chi connectivity index (χ3v) is 5.29. The minimum Gasteiger partial charge on any atom is -0.493 e. The van der Waals surface area contributed by atoms with E-state index in [4.69, 9.17) is 23.7 Å². The Kier molecular flexibility index (Phi) is 10.6. The molecule has 3 atom stereocenters. The molecule has 1 aromatic carbocycles. The fourth-order valence-corrected chi connectivity index (χ4v) is 3.41. The number of nitrogens with one attached hydrogen (secondary N) is 1. The Morgan fingerprint density at radius 3 is 2.38 bits per heavy atom. The molecule has 0 unspecified atom stereocenters. The van der Waals surface area contributed by atoms with Gasteiger partial charge in [0.05, 0.1) is 7.11 Å². The summed E-state index contributed by atoms with van der Waals surface area (Å²) in [6.07, 6.45) is 0.118. The molecule has 0 saturated heterocycles. The van der Waals surface area contributed by atoms with Crippen molar-refractivity contribution in [3.63, 3.8) is 0 Å². The van der Waals surface area contributed by atoms with Gasteiger partial charge in [-0.2, -0.15) is 0 Å². The third-order valence-electron chi connectivity index (χ3n) is 5.29. The van der Waals surface area contributed by atoms with Crippen LogP contribution in [0.1, 0.15) is 50.7 Å². The monoisotopic (exact) mass is 520 g/mol. The number of nitrogens with zero attached hydrogens (tertiary/aromatic N) is 1. The zero-order chi connectivity index (χ0) is 27.7. The summed E-state index contributed by atoms with van der Waals surface area (Å²) in [6, 6.07) is 4.58. The Hall–Kier alpha value is -3.89. The van der Waals surface area contributed by atoms with Gasteiger partial charge in [-0.15, -0.1) is 0 Å². The van der Waals surface area contributed by atoms with Crippen LogP contribution in [-0.4, -0.2) is 55.0 Å². The fourth-order valence-electron chi connectivity index (χ4n) is 3.41. The van der Waals surface area contributed by atoms with Crippen molar-refractivity contribution in [2.45, 2.75) is 59.8 Å². The van der Waals surface area contributed by atoms with Crippen LogP contribution in [0.3, 0.4) is 0 Å². The van der Waals surface area contributed by atoms with Crippen molar-refractivity contribution in [3.8, 4) is 17.2 Å². The molecule has 202 valence electrons. The number of rotatable bonds is 12. The van der Waals surface area contributed by atoms with Crippen LogP contribution >= 0.6 is 0 Å². The van der Waals surface area contributed by atoms with Crippen molar-refractivity contribution in [2.75, 3.05) is 13.9 Å². The summed E-state index contributed by atoms with van der Waals surface area (Å²) in [5, 5.41) is 2.53. The SMILES string of the molecule is COc1ccnc(C(=O)N[C@@H](C)C(=O)O[C@@H](C(C)C)[C@H](C)Oc2ccc(F)cc2C)c1OCOC(C)=O. The molecule has 0 bridgehead atoms. The molecule has 0 saturated carbocycles. The highest BCUT2D eigenvalue weighted by Gasteiger charge is 2.30. The van der Waals surface area contributed by atoms with Gasteiger partial charge in [-0.05, 0) is 50.5 Å². The van der Waals surface area contributed by atoms with Gasteiger partial charge in [0.25, 0.3) is 5.91 Å². The van der Waals surface area contributed by atoms with E-state index in [0.29, 0.717) is 11.3 Å². The molecular formula is C26H33FN2O8. The molecule has 0 fully saturated rings. The number of aromatic nitrogens is 1. The van der Waals surface area contributed by atoms with Crippen LogP contribution in [0.2, 0.25) is 0 Å². The molecule has 1 aromatic heterocycles. The molecule has 10 nitrogen and oxygen atoms in total. The smallest absolute Gasteiger partial charge is 0.328 e. The Labute approximate surface area is 215 Å². The fraction of sp³-hybridized carbons (Fsp3) is 0.462. The molecule has 0 aliphatic carbocycles. The summed E-state index contributed by atoms with van der Waals surface area (Å²) >= 11 is 0. The van der Waals surface area contributed by atoms with Crippen molar-refractivity contribution in [2.24, 2.45) is 5.92 Å². The average molecular weight is 521 g/mol. The molecule has 1 amide bonds. The highest BCUT2D eigenvalue weighted by Crippen LogP contribution is 2.29. The van der Waals surface area contributed by atoms with Crippen molar-refractivity contribution < 1.29 is 42.5 Å². The van der Waals surface area contributed by atoms with Crippen LogP contribution < -0.4 is 19.5 Å². The van der Waals surface area contributed by atoms with Crippen LogP contribution in [-0.2, 0) is 19.1 Å². The van der Waals surface area contributed by atoms with Crippen molar-refractivity contribution in [1.82, 2.24) is 10.3 Å². The van der Waals surface area contributed by atoms with Crippen molar-refractivity contribution in [1.29, 1.82) is 0 Å². The molecule has 0 aliphatic heterocycles. The van der Waals surface area contributed by atoms with Gasteiger partial charge in [-0.1, -0.05) is 13.8 Å². The molecule has 0 aliphatic rings. The predicted molar refractivity (Wildman–Crippen MR) is 131 cm³/mol. The number of methoxy groups -OCH3 is 1. The summed E-state index contributed by atoms with van der Waals surface area (Å²) in [4.78, 5) is 40.9. The molecule has 1 N–H and O–H groups in total. The van der Waals surface area contributed by atoms with Crippen LogP contribution in [0.4, 0.5) is 4.39 Å².